The van der Waals surface area contributed by atoms with Crippen LogP contribution in [0.5, 0.6) is 0 Å². The van der Waals surface area contributed by atoms with Crippen LogP contribution in [0.15, 0.2) is 35.8 Å². The van der Waals surface area contributed by atoms with Gasteiger partial charge in [0.05, 0.1) is 60.5 Å². The fourth-order valence-electron chi connectivity index (χ4n) is 12.2. The number of piperazine rings is 1. The molecular weight excluding hydrogens is 987 g/mol. The van der Waals surface area contributed by atoms with Crippen LogP contribution in [0.3, 0.4) is 0 Å². The lowest BCUT2D eigenvalue weighted by Crippen LogP contribution is -2.63. The summed E-state index contributed by atoms with van der Waals surface area (Å²) in [7, 11) is 1.70. The predicted molar refractivity (Wildman–Crippen MR) is 277 cm³/mol. The fourth-order valence-corrected chi connectivity index (χ4v) is 13.1. The zero-order valence-electron chi connectivity index (χ0n) is 43.8. The maximum absolute atomic E-state index is 14.9. The first-order chi connectivity index (χ1) is 36.2. The minimum atomic E-state index is -2.88. The molecule has 8 bridgehead atoms. The Hall–Kier alpha value is -4.67. The number of carbonyl (C=O) groups is 3. The quantitative estimate of drug-likeness (QED) is 0.124. The van der Waals surface area contributed by atoms with Crippen molar-refractivity contribution in [1.82, 2.24) is 35.2 Å². The zero-order chi connectivity index (χ0) is 52.2. The molecule has 5 atom stereocenters. The van der Waals surface area contributed by atoms with Crippen molar-refractivity contribution in [2.75, 3.05) is 77.8 Å². The van der Waals surface area contributed by atoms with E-state index in [0.717, 1.165) is 83.7 Å². The number of fused-ring (bicyclic) bond motifs is 7. The second-order valence-electron chi connectivity index (χ2n) is 22.6. The van der Waals surface area contributed by atoms with Gasteiger partial charge in [0.15, 0.2) is 0 Å². The van der Waals surface area contributed by atoms with Gasteiger partial charge in [0, 0.05) is 98.5 Å². The van der Waals surface area contributed by atoms with Crippen LogP contribution in [0.25, 0.3) is 33.4 Å². The third kappa shape index (κ3) is 10.8. The topological polar surface area (TPSA) is 171 Å². The van der Waals surface area contributed by atoms with Crippen LogP contribution in [0.4, 0.5) is 14.5 Å². The van der Waals surface area contributed by atoms with E-state index in [-0.39, 0.29) is 42.4 Å². The maximum atomic E-state index is 14.9. The molecule has 75 heavy (non-hydrogen) atoms. The fraction of sp³-hybridized carbons (Fsp3) is 0.655. The van der Waals surface area contributed by atoms with E-state index in [0.29, 0.717) is 70.2 Å². The number of esters is 1. The number of hydrogen-bond acceptors (Lipinski definition) is 15. The van der Waals surface area contributed by atoms with Gasteiger partial charge in [-0.1, -0.05) is 19.9 Å². The molecule has 7 fully saturated rings. The molecule has 2 amide bonds. The monoisotopic (exact) mass is 1060 g/mol. The van der Waals surface area contributed by atoms with Gasteiger partial charge in [-0.2, -0.15) is 0 Å². The summed E-state index contributed by atoms with van der Waals surface area (Å²) < 4.78 is 67.5. The van der Waals surface area contributed by atoms with Crippen LogP contribution in [0, 0.1) is 11.3 Å². The average molecular weight is 1060 g/mol. The summed E-state index contributed by atoms with van der Waals surface area (Å²) in [6.45, 7) is 13.4. The number of amides is 2. The van der Waals surface area contributed by atoms with Crippen LogP contribution < -0.4 is 15.6 Å². The smallest absolute Gasteiger partial charge is 0.324 e. The van der Waals surface area contributed by atoms with E-state index < -0.39 is 60.0 Å². The minimum absolute atomic E-state index is 0.0562. The van der Waals surface area contributed by atoms with Gasteiger partial charge in [0.2, 0.25) is 0 Å². The van der Waals surface area contributed by atoms with Crippen molar-refractivity contribution in [3.63, 3.8) is 0 Å². The van der Waals surface area contributed by atoms with Gasteiger partial charge in [-0.25, -0.2) is 19.2 Å². The van der Waals surface area contributed by atoms with Gasteiger partial charge in [-0.3, -0.25) is 29.3 Å². The molecule has 8 aliphatic rings. The van der Waals surface area contributed by atoms with E-state index in [9.17, 15) is 23.2 Å². The summed E-state index contributed by atoms with van der Waals surface area (Å²) in [6.07, 6.45) is 3.71. The molecule has 4 aromatic rings. The molecule has 0 radical (unpaired) electrons. The number of nitrogens with zero attached hydrogens (tertiary/aromatic N) is 6. The van der Waals surface area contributed by atoms with Crippen molar-refractivity contribution < 1.29 is 51.6 Å². The van der Waals surface area contributed by atoms with Crippen LogP contribution in [-0.4, -0.2) is 157 Å². The largest absolute Gasteiger partial charge is 0.464 e. The first kappa shape index (κ1) is 52.4. The van der Waals surface area contributed by atoms with Crippen LogP contribution in [-0.2, 0) is 55.8 Å². The van der Waals surface area contributed by atoms with E-state index in [4.69, 9.17) is 38.4 Å². The van der Waals surface area contributed by atoms with Crippen molar-refractivity contribution in [2.45, 2.75) is 147 Å². The van der Waals surface area contributed by atoms with E-state index in [1.165, 1.54) is 29.2 Å². The number of halogens is 2. The zero-order valence-corrected chi connectivity index (χ0v) is 44.6. The van der Waals surface area contributed by atoms with Gasteiger partial charge in [-0.05, 0) is 101 Å². The second kappa shape index (κ2) is 21.6. The number of hydrazine groups is 1. The minimum Gasteiger partial charge on any atom is -0.464 e. The number of nitrogens with one attached hydrogen (secondary N) is 2. The van der Waals surface area contributed by atoms with Crippen molar-refractivity contribution >= 4 is 45.7 Å². The Bertz CT molecular complexity index is 2730. The molecule has 12 rings (SSSR count). The molecule has 17 nitrogen and oxygen atoms in total. The number of methoxy groups -OCH3 is 1. The normalized spacial score (nSPS) is 28.1. The Balaban J connectivity index is 1.05. The molecule has 1 aromatic carbocycles. The lowest BCUT2D eigenvalue weighted by molar-refractivity contribution is -0.159. The summed E-state index contributed by atoms with van der Waals surface area (Å²) in [5, 5.41) is 7.21. The number of benzene rings is 1. The van der Waals surface area contributed by atoms with E-state index in [1.54, 1.807) is 7.11 Å². The molecule has 406 valence electrons. The molecule has 2 aliphatic carbocycles. The molecule has 2 N–H and O–H groups in total. The number of alkyl halides is 2. The third-order valence-electron chi connectivity index (χ3n) is 16.6. The lowest BCUT2D eigenvalue weighted by Gasteiger charge is -2.39. The summed E-state index contributed by atoms with van der Waals surface area (Å²) >= 11 is 1.17. The molecule has 0 spiro atoms. The summed E-state index contributed by atoms with van der Waals surface area (Å²) in [5.41, 5.74) is 8.33. The number of aromatic nitrogens is 3. The number of ether oxygens (including phenoxy) is 6. The Morgan fingerprint density at radius 3 is 2.53 bits per heavy atom. The highest BCUT2D eigenvalue weighted by Crippen LogP contribution is 2.52. The second-order valence-corrected chi connectivity index (χ2v) is 23.5. The average Bonchev–Trinajstić information content (AvgIpc) is 3.78. The van der Waals surface area contributed by atoms with Gasteiger partial charge in [-0.15, -0.1) is 11.3 Å². The maximum Gasteiger partial charge on any atom is 0.324 e. The molecule has 20 heteroatoms. The van der Waals surface area contributed by atoms with Gasteiger partial charge < -0.3 is 43.2 Å². The number of anilines is 1. The van der Waals surface area contributed by atoms with Crippen molar-refractivity contribution in [1.29, 1.82) is 0 Å². The highest BCUT2D eigenvalue weighted by molar-refractivity contribution is 7.10. The Labute approximate surface area is 441 Å². The molecule has 6 aliphatic heterocycles. The molecule has 3 aromatic heterocycles. The van der Waals surface area contributed by atoms with Crippen LogP contribution >= 0.6 is 11.3 Å². The highest BCUT2D eigenvalue weighted by atomic mass is 32.1. The predicted octanol–water partition coefficient (Wildman–Crippen LogP) is 7.01. The highest BCUT2D eigenvalue weighted by Gasteiger charge is 2.61. The standard InChI is InChI=1S/C55H72F2N8O9S/c1-32-35-25-55(26-35,74-32)53(68)60-47-49(72-29-45(56)57)50-59-43(30-75-50)34-8-11-44-39(23-34)41(27-54(3,4)31-73-52(67)42-7-6-14-65(61-42)51(47)66)48(64(44)19-22-71-38-12-20-70-21-13-38)40-24-37(28-58-46(40)33(2)69-5)63-17-15-62(16-18-63)36-9-10-36/h8,11,23-24,28,30,32-33,35-36,38,42,45,47,49,61H,6-7,9-10,12-22,25-27,29,31H2,1-5H3,(H,60,68)/t32-,33-,35?,42-,47-,49-,55?/m0/s1. The molecule has 5 saturated heterocycles. The molecule has 9 heterocycles. The number of hydrogen-bond donors (Lipinski definition) is 2. The number of thiazole rings is 1. The first-order valence-electron chi connectivity index (χ1n) is 27.1. The SMILES string of the molecule is CO[C@@H](C)c1ncc(N2CCN(C3CC3)CC2)cc1-c1c2c3cc(ccc3n1CCOC1CCOCC1)-c1csc(n1)[C@@H](OCC(F)F)[C@H](NC(=O)C13CC(C1)[C@H](C)O3)C(=O)N1CCC[C@H](N1)C(=O)OCC(C)(C)C2. The van der Waals surface area contributed by atoms with Crippen molar-refractivity contribution in [2.24, 2.45) is 11.3 Å². The number of rotatable bonds is 14. The summed E-state index contributed by atoms with van der Waals surface area (Å²) in [4.78, 5) is 58.7. The molecular formula is C55H72F2N8O9S. The Morgan fingerprint density at radius 1 is 1.03 bits per heavy atom. The number of pyridine rings is 1. The van der Waals surface area contributed by atoms with Gasteiger partial charge in [0.1, 0.15) is 35.4 Å². The van der Waals surface area contributed by atoms with Crippen LogP contribution in [0.1, 0.15) is 108 Å². The van der Waals surface area contributed by atoms with E-state index in [1.807, 2.05) is 31.5 Å². The van der Waals surface area contributed by atoms with Crippen molar-refractivity contribution in [3.8, 4) is 22.5 Å². The van der Waals surface area contributed by atoms with E-state index >= 15 is 0 Å². The van der Waals surface area contributed by atoms with E-state index in [2.05, 4.69) is 57.2 Å². The number of cyclic esters (lactones) is 1. The lowest BCUT2D eigenvalue weighted by atomic mass is 9.72. The molecule has 0 unspecified atom stereocenters. The summed E-state index contributed by atoms with van der Waals surface area (Å²) in [6, 6.07) is 6.77. The van der Waals surface area contributed by atoms with Crippen molar-refractivity contribution in [3.05, 3.63) is 52.1 Å². The number of carbonyl (C=O) groups excluding carboxylic acids is 3. The Morgan fingerprint density at radius 2 is 1.81 bits per heavy atom. The Kier molecular flexibility index (Phi) is 15.1. The summed E-state index contributed by atoms with van der Waals surface area (Å²) in [5.74, 6) is -1.50. The molecule has 2 saturated carbocycles. The van der Waals surface area contributed by atoms with Crippen LogP contribution in [0.2, 0.25) is 0 Å². The first-order valence-corrected chi connectivity index (χ1v) is 28.0. The van der Waals surface area contributed by atoms with Gasteiger partial charge >= 0.3 is 5.97 Å². The third-order valence-corrected chi connectivity index (χ3v) is 17.5. The van der Waals surface area contributed by atoms with Gasteiger partial charge in [0.25, 0.3) is 18.2 Å².